The van der Waals surface area contributed by atoms with Crippen LogP contribution >= 0.6 is 11.6 Å². The fourth-order valence-electron chi connectivity index (χ4n) is 1.79. The molecule has 0 radical (unpaired) electrons. The van der Waals surface area contributed by atoms with E-state index >= 15 is 0 Å². The van der Waals surface area contributed by atoms with E-state index in [0.717, 1.165) is 5.56 Å². The lowest BCUT2D eigenvalue weighted by Gasteiger charge is -2.04. The topological polar surface area (TPSA) is 56.0 Å². The van der Waals surface area contributed by atoms with Crippen molar-refractivity contribution in [1.29, 1.82) is 0 Å². The molecule has 3 nitrogen and oxygen atoms in total. The summed E-state index contributed by atoms with van der Waals surface area (Å²) >= 11 is 5.67. The summed E-state index contributed by atoms with van der Waals surface area (Å²) in [4.78, 5) is 15.7. The van der Waals surface area contributed by atoms with Gasteiger partial charge in [-0.05, 0) is 29.3 Å². The summed E-state index contributed by atoms with van der Waals surface area (Å²) in [7, 11) is 0. The average Bonchev–Trinajstić information content (AvgIpc) is 2.35. The van der Waals surface area contributed by atoms with Gasteiger partial charge in [0.1, 0.15) is 17.4 Å². The molecule has 1 heterocycles. The number of Topliss-reactive ketones (excluding diaryl/α,β-unsaturated/α-hetero) is 1. The number of hydrogen-bond acceptors (Lipinski definition) is 3. The number of ketones is 1. The normalized spacial score (nSPS) is 10.4. The average molecular weight is 279 g/mol. The van der Waals surface area contributed by atoms with Crippen LogP contribution in [0.1, 0.15) is 11.1 Å². The summed E-state index contributed by atoms with van der Waals surface area (Å²) in [5.41, 5.74) is 6.60. The van der Waals surface area contributed by atoms with E-state index < -0.39 is 5.82 Å². The zero-order valence-electron chi connectivity index (χ0n) is 10.1. The Labute approximate surface area is 115 Å². The smallest absolute Gasteiger partial charge is 0.145 e. The Hall–Kier alpha value is -1.94. The lowest BCUT2D eigenvalue weighted by molar-refractivity contribution is -0.117. The van der Waals surface area contributed by atoms with Gasteiger partial charge in [-0.15, -0.1) is 0 Å². The number of nitrogen functional groups attached to an aromatic ring is 1. The molecular weight excluding hydrogens is 267 g/mol. The van der Waals surface area contributed by atoms with Crippen LogP contribution in [0.15, 0.2) is 36.5 Å². The first-order chi connectivity index (χ1) is 9.06. The summed E-state index contributed by atoms with van der Waals surface area (Å²) in [6.07, 6.45) is 1.74. The number of carbonyl (C=O) groups excluding carboxylic acids is 1. The number of anilines is 1. The molecule has 5 heteroatoms. The fourth-order valence-corrected chi connectivity index (χ4v) is 1.99. The van der Waals surface area contributed by atoms with Gasteiger partial charge in [-0.25, -0.2) is 9.37 Å². The highest BCUT2D eigenvalue weighted by Crippen LogP contribution is 2.19. The Morgan fingerprint density at radius 1 is 1.32 bits per heavy atom. The molecule has 1 aromatic carbocycles. The monoisotopic (exact) mass is 278 g/mol. The highest BCUT2D eigenvalue weighted by Gasteiger charge is 2.11. The van der Waals surface area contributed by atoms with Gasteiger partial charge in [-0.3, -0.25) is 4.79 Å². The minimum atomic E-state index is -0.535. The predicted octanol–water partition coefficient (Wildman–Crippen LogP) is 2.81. The van der Waals surface area contributed by atoms with Crippen LogP contribution in [0.25, 0.3) is 0 Å². The molecule has 2 rings (SSSR count). The highest BCUT2D eigenvalue weighted by atomic mass is 35.5. The van der Waals surface area contributed by atoms with E-state index in [2.05, 4.69) is 4.98 Å². The largest absolute Gasteiger partial charge is 0.384 e. The number of nitrogens with zero attached hydrogens (tertiary/aromatic N) is 1. The maximum Gasteiger partial charge on any atom is 0.145 e. The molecule has 0 bridgehead atoms. The summed E-state index contributed by atoms with van der Waals surface area (Å²) in [6, 6.07) is 7.97. The molecule has 0 aliphatic carbocycles. The Balaban J connectivity index is 2.08. The quantitative estimate of drug-likeness (QED) is 0.936. The second-order valence-corrected chi connectivity index (χ2v) is 4.60. The Morgan fingerprint density at radius 2 is 2.11 bits per heavy atom. The van der Waals surface area contributed by atoms with Gasteiger partial charge >= 0.3 is 0 Å². The van der Waals surface area contributed by atoms with Gasteiger partial charge in [-0.1, -0.05) is 23.7 Å². The molecule has 1 aromatic heterocycles. The zero-order valence-corrected chi connectivity index (χ0v) is 10.8. The van der Waals surface area contributed by atoms with Gasteiger partial charge in [-0.2, -0.15) is 0 Å². The first kappa shape index (κ1) is 13.5. The maximum absolute atomic E-state index is 13.7. The molecule has 0 atom stereocenters. The van der Waals surface area contributed by atoms with Crippen LogP contribution in [0.4, 0.5) is 10.2 Å². The van der Waals surface area contributed by atoms with Gasteiger partial charge in [0.15, 0.2) is 0 Å². The second-order valence-electron chi connectivity index (χ2n) is 4.19. The third-order valence-electron chi connectivity index (χ3n) is 2.67. The molecular formula is C14H12ClFN2O. The van der Waals surface area contributed by atoms with E-state index in [-0.39, 0.29) is 23.6 Å². The first-order valence-electron chi connectivity index (χ1n) is 5.71. The van der Waals surface area contributed by atoms with Crippen molar-refractivity contribution in [3.05, 3.63) is 58.5 Å². The zero-order chi connectivity index (χ0) is 13.8. The van der Waals surface area contributed by atoms with Gasteiger partial charge in [0.2, 0.25) is 0 Å². The van der Waals surface area contributed by atoms with Crippen molar-refractivity contribution in [3.8, 4) is 0 Å². The lowest BCUT2D eigenvalue weighted by atomic mass is 10.0. The van der Waals surface area contributed by atoms with Crippen LogP contribution < -0.4 is 5.73 Å². The summed E-state index contributed by atoms with van der Waals surface area (Å²) < 4.78 is 13.7. The van der Waals surface area contributed by atoms with Crippen molar-refractivity contribution in [2.24, 2.45) is 0 Å². The number of nitrogens with two attached hydrogens (primary N) is 1. The standard InChI is InChI=1S/C14H12ClFN2O/c15-12-3-1-2-10(14(12)16)8-11(19)6-9-4-5-18-13(17)7-9/h1-5,7H,6,8H2,(H2,17,18). The second kappa shape index (κ2) is 5.80. The molecule has 2 aromatic rings. The first-order valence-corrected chi connectivity index (χ1v) is 6.09. The number of hydrogen-bond donors (Lipinski definition) is 1. The summed E-state index contributed by atoms with van der Waals surface area (Å²) in [6.45, 7) is 0. The Kier molecular flexibility index (Phi) is 4.12. The van der Waals surface area contributed by atoms with Gasteiger partial charge in [0, 0.05) is 19.0 Å². The predicted molar refractivity (Wildman–Crippen MR) is 72.5 cm³/mol. The molecule has 2 N–H and O–H groups in total. The van der Waals surface area contributed by atoms with Crippen LogP contribution in [0.2, 0.25) is 5.02 Å². The summed E-state index contributed by atoms with van der Waals surface area (Å²) in [5.74, 6) is -0.280. The molecule has 0 spiro atoms. The van der Waals surface area contributed by atoms with E-state index in [4.69, 9.17) is 17.3 Å². The van der Waals surface area contributed by atoms with E-state index in [1.54, 1.807) is 24.3 Å². The number of carbonyl (C=O) groups is 1. The van der Waals surface area contributed by atoms with Crippen molar-refractivity contribution in [2.75, 3.05) is 5.73 Å². The van der Waals surface area contributed by atoms with E-state index in [0.29, 0.717) is 11.4 Å². The molecule has 19 heavy (non-hydrogen) atoms. The maximum atomic E-state index is 13.7. The summed E-state index contributed by atoms with van der Waals surface area (Å²) in [5, 5.41) is 0.0263. The fraction of sp³-hybridized carbons (Fsp3) is 0.143. The number of pyridine rings is 1. The van der Waals surface area contributed by atoms with Gasteiger partial charge < -0.3 is 5.73 Å². The molecule has 0 fully saturated rings. The minimum absolute atomic E-state index is 0.00855. The van der Waals surface area contributed by atoms with Crippen LogP contribution in [0.5, 0.6) is 0 Å². The molecule has 0 saturated heterocycles. The van der Waals surface area contributed by atoms with Crippen molar-refractivity contribution in [3.63, 3.8) is 0 Å². The van der Waals surface area contributed by atoms with Gasteiger partial charge in [0.05, 0.1) is 5.02 Å². The van der Waals surface area contributed by atoms with Crippen LogP contribution in [-0.4, -0.2) is 10.8 Å². The van der Waals surface area contributed by atoms with E-state index in [9.17, 15) is 9.18 Å². The third kappa shape index (κ3) is 3.51. The minimum Gasteiger partial charge on any atom is -0.384 e. The Morgan fingerprint density at radius 3 is 2.84 bits per heavy atom. The lowest BCUT2D eigenvalue weighted by Crippen LogP contribution is -2.08. The Bertz CT molecular complexity index is 616. The van der Waals surface area contributed by atoms with Crippen molar-refractivity contribution in [2.45, 2.75) is 12.8 Å². The third-order valence-corrected chi connectivity index (χ3v) is 2.96. The number of rotatable bonds is 4. The molecule has 98 valence electrons. The number of halogens is 2. The molecule has 0 saturated carbocycles. The van der Waals surface area contributed by atoms with Crippen LogP contribution in [0, 0.1) is 5.82 Å². The van der Waals surface area contributed by atoms with E-state index in [1.807, 2.05) is 0 Å². The SMILES string of the molecule is Nc1cc(CC(=O)Cc2cccc(Cl)c2F)ccn1. The molecule has 0 amide bonds. The number of aromatic nitrogens is 1. The van der Waals surface area contributed by atoms with Gasteiger partial charge in [0.25, 0.3) is 0 Å². The van der Waals surface area contributed by atoms with Crippen molar-refractivity contribution >= 4 is 23.2 Å². The highest BCUT2D eigenvalue weighted by molar-refractivity contribution is 6.30. The van der Waals surface area contributed by atoms with E-state index in [1.165, 1.54) is 12.3 Å². The van der Waals surface area contributed by atoms with Crippen molar-refractivity contribution in [1.82, 2.24) is 4.98 Å². The van der Waals surface area contributed by atoms with Crippen LogP contribution in [0.3, 0.4) is 0 Å². The molecule has 0 unspecified atom stereocenters. The van der Waals surface area contributed by atoms with Crippen LogP contribution in [-0.2, 0) is 17.6 Å². The molecule has 0 aliphatic heterocycles. The number of benzene rings is 1. The molecule has 0 aliphatic rings. The van der Waals surface area contributed by atoms with Crippen molar-refractivity contribution < 1.29 is 9.18 Å².